The van der Waals surface area contributed by atoms with E-state index in [0.29, 0.717) is 0 Å². The molecule has 0 saturated carbocycles. The Morgan fingerprint density at radius 3 is 1.90 bits per heavy atom. The molecule has 3 nitrogen and oxygen atoms in total. The monoisotopic (exact) mass is 409 g/mol. The third-order valence-corrected chi connectivity index (χ3v) is 5.88. The summed E-state index contributed by atoms with van der Waals surface area (Å²) in [4.78, 5) is 8.81. The van der Waals surface area contributed by atoms with E-state index in [1.807, 2.05) is 26.0 Å². The van der Waals surface area contributed by atoms with Gasteiger partial charge in [-0.1, -0.05) is 47.6 Å². The number of aldehydes is 1. The van der Waals surface area contributed by atoms with Gasteiger partial charge in [0, 0.05) is 11.8 Å². The summed E-state index contributed by atoms with van der Waals surface area (Å²) in [5, 5.41) is 7.58. The van der Waals surface area contributed by atoms with E-state index in [-0.39, 0.29) is 10.8 Å². The number of fused-ring (bicyclic) bond motifs is 1. The molecule has 0 aromatic heterocycles. The number of methoxy groups -OCH3 is 1. The van der Waals surface area contributed by atoms with Crippen LogP contribution in [0.5, 0.6) is 5.75 Å². The first-order chi connectivity index (χ1) is 14.1. The molecule has 1 aliphatic carbocycles. The SMILES string of the molecule is CC.CC=O.COc1ccc(C=N)cc1-c1cc2c(cc1C)C(C)(C)CCC2(C)C. The Morgan fingerprint density at radius 1 is 0.933 bits per heavy atom. The largest absolute Gasteiger partial charge is 0.496 e. The van der Waals surface area contributed by atoms with Crippen LogP contribution in [-0.4, -0.2) is 19.6 Å². The predicted molar refractivity (Wildman–Crippen MR) is 129 cm³/mol. The van der Waals surface area contributed by atoms with Crippen molar-refractivity contribution in [1.29, 1.82) is 5.41 Å². The lowest BCUT2D eigenvalue weighted by atomic mass is 9.62. The van der Waals surface area contributed by atoms with Crippen LogP contribution in [0.25, 0.3) is 11.1 Å². The quantitative estimate of drug-likeness (QED) is 0.429. The molecule has 30 heavy (non-hydrogen) atoms. The summed E-state index contributed by atoms with van der Waals surface area (Å²) >= 11 is 0. The number of rotatable bonds is 3. The van der Waals surface area contributed by atoms with E-state index in [1.165, 1.54) is 48.2 Å². The molecule has 0 radical (unpaired) electrons. The van der Waals surface area contributed by atoms with Gasteiger partial charge in [0.2, 0.25) is 0 Å². The molecule has 3 rings (SSSR count). The molecule has 3 heteroatoms. The van der Waals surface area contributed by atoms with Gasteiger partial charge in [-0.15, -0.1) is 0 Å². The minimum Gasteiger partial charge on any atom is -0.496 e. The molecule has 0 fully saturated rings. The molecule has 0 amide bonds. The maximum absolute atomic E-state index is 8.81. The average Bonchev–Trinajstić information content (AvgIpc) is 2.73. The van der Waals surface area contributed by atoms with Gasteiger partial charge in [0.15, 0.2) is 0 Å². The summed E-state index contributed by atoms with van der Waals surface area (Å²) in [5.41, 5.74) is 7.78. The van der Waals surface area contributed by atoms with Crippen molar-refractivity contribution in [2.24, 2.45) is 0 Å². The molecular formula is C27H39NO2. The van der Waals surface area contributed by atoms with Crippen molar-refractivity contribution in [1.82, 2.24) is 0 Å². The molecule has 164 valence electrons. The van der Waals surface area contributed by atoms with E-state index < -0.39 is 0 Å². The van der Waals surface area contributed by atoms with Crippen molar-refractivity contribution in [3.05, 3.63) is 52.6 Å². The highest BCUT2D eigenvalue weighted by Crippen LogP contribution is 2.48. The Kier molecular flexibility index (Phi) is 9.02. The van der Waals surface area contributed by atoms with E-state index in [0.717, 1.165) is 23.2 Å². The van der Waals surface area contributed by atoms with Crippen LogP contribution in [0.3, 0.4) is 0 Å². The fourth-order valence-electron chi connectivity index (χ4n) is 4.04. The minimum absolute atomic E-state index is 0.180. The van der Waals surface area contributed by atoms with Crippen molar-refractivity contribution in [3.8, 4) is 16.9 Å². The molecule has 0 spiro atoms. The lowest BCUT2D eigenvalue weighted by Crippen LogP contribution is -2.34. The predicted octanol–water partition coefficient (Wildman–Crippen LogP) is 7.25. The average molecular weight is 410 g/mol. The summed E-state index contributed by atoms with van der Waals surface area (Å²) in [6.07, 6.45) is 4.56. The van der Waals surface area contributed by atoms with Crippen molar-refractivity contribution >= 4 is 12.5 Å². The Hall–Kier alpha value is -2.42. The van der Waals surface area contributed by atoms with Crippen LogP contribution in [0.4, 0.5) is 0 Å². The molecule has 1 N–H and O–H groups in total. The number of hydrogen-bond donors (Lipinski definition) is 1. The maximum Gasteiger partial charge on any atom is 0.126 e. The number of hydrogen-bond acceptors (Lipinski definition) is 3. The molecule has 2 aromatic rings. The van der Waals surface area contributed by atoms with Gasteiger partial charge in [-0.2, -0.15) is 0 Å². The highest BCUT2D eigenvalue weighted by molar-refractivity contribution is 5.84. The number of carbonyl (C=O) groups excluding carboxylic acids is 1. The van der Waals surface area contributed by atoms with Gasteiger partial charge >= 0.3 is 0 Å². The summed E-state index contributed by atoms with van der Waals surface area (Å²) in [7, 11) is 1.71. The lowest BCUT2D eigenvalue weighted by molar-refractivity contribution is -0.106. The van der Waals surface area contributed by atoms with E-state index in [4.69, 9.17) is 14.9 Å². The fourth-order valence-corrected chi connectivity index (χ4v) is 4.04. The second-order valence-corrected chi connectivity index (χ2v) is 8.82. The first kappa shape index (κ1) is 25.6. The van der Waals surface area contributed by atoms with Crippen LogP contribution in [-0.2, 0) is 15.6 Å². The van der Waals surface area contributed by atoms with Gasteiger partial charge in [-0.3, -0.25) is 0 Å². The van der Waals surface area contributed by atoms with Crippen molar-refractivity contribution < 1.29 is 9.53 Å². The topological polar surface area (TPSA) is 50.2 Å². The lowest BCUT2D eigenvalue weighted by Gasteiger charge is -2.42. The molecule has 0 unspecified atom stereocenters. The van der Waals surface area contributed by atoms with Gasteiger partial charge in [0.25, 0.3) is 0 Å². The molecular weight excluding hydrogens is 370 g/mol. The fraction of sp³-hybridized carbons (Fsp3) is 0.481. The normalized spacial score (nSPS) is 15.4. The molecule has 0 atom stereocenters. The van der Waals surface area contributed by atoms with Crippen molar-refractivity contribution in [3.63, 3.8) is 0 Å². The zero-order valence-electron chi connectivity index (χ0n) is 20.3. The number of aryl methyl sites for hydroxylation is 1. The number of nitrogens with one attached hydrogen (secondary N) is 1. The van der Waals surface area contributed by atoms with E-state index in [1.54, 1.807) is 7.11 Å². The molecule has 0 bridgehead atoms. The van der Waals surface area contributed by atoms with Crippen LogP contribution >= 0.6 is 0 Å². The van der Waals surface area contributed by atoms with Crippen molar-refractivity contribution in [2.45, 2.75) is 79.1 Å². The second-order valence-electron chi connectivity index (χ2n) is 8.82. The molecule has 0 aliphatic heterocycles. The zero-order valence-corrected chi connectivity index (χ0v) is 20.3. The number of benzene rings is 2. The maximum atomic E-state index is 8.81. The van der Waals surface area contributed by atoms with Crippen molar-refractivity contribution in [2.75, 3.05) is 7.11 Å². The summed E-state index contributed by atoms with van der Waals surface area (Å²) < 4.78 is 5.62. The molecule has 0 saturated heterocycles. The second kappa shape index (κ2) is 10.6. The van der Waals surface area contributed by atoms with Crippen LogP contribution in [0.2, 0.25) is 0 Å². The van der Waals surface area contributed by atoms with Crippen LogP contribution in [0.1, 0.15) is 83.6 Å². The van der Waals surface area contributed by atoms with Crippen LogP contribution in [0.15, 0.2) is 30.3 Å². The first-order valence-corrected chi connectivity index (χ1v) is 10.9. The Morgan fingerprint density at radius 2 is 1.43 bits per heavy atom. The van der Waals surface area contributed by atoms with E-state index in [2.05, 4.69) is 52.8 Å². The number of carbonyl (C=O) groups is 1. The molecule has 0 heterocycles. The van der Waals surface area contributed by atoms with Crippen LogP contribution in [0, 0.1) is 12.3 Å². The Labute approximate surface area is 183 Å². The van der Waals surface area contributed by atoms with E-state index >= 15 is 0 Å². The first-order valence-electron chi connectivity index (χ1n) is 10.9. The van der Waals surface area contributed by atoms with Crippen LogP contribution < -0.4 is 4.74 Å². The zero-order chi connectivity index (χ0) is 23.1. The minimum atomic E-state index is 0.180. The summed E-state index contributed by atoms with van der Waals surface area (Å²) in [5.74, 6) is 0.863. The highest BCUT2D eigenvalue weighted by Gasteiger charge is 2.37. The molecule has 1 aliphatic rings. The smallest absolute Gasteiger partial charge is 0.126 e. The third kappa shape index (κ3) is 5.38. The molecule has 2 aromatic carbocycles. The third-order valence-electron chi connectivity index (χ3n) is 5.88. The Balaban J connectivity index is 0.000000826. The Bertz CT molecular complexity index is 879. The highest BCUT2D eigenvalue weighted by atomic mass is 16.5. The van der Waals surface area contributed by atoms with E-state index in [9.17, 15) is 0 Å². The standard InChI is InChI=1S/C23H29NO.C2H4O.C2H6/c1-15-11-19-20(23(4,5)10-9-22(19,2)3)13-17(15)18-12-16(14-24)7-8-21(18)25-6;1-2-3;1-2/h7-8,11-14,24H,9-10H2,1-6H3;2H,1H3;1-2H3. The van der Waals surface area contributed by atoms with Gasteiger partial charge < -0.3 is 14.9 Å². The van der Waals surface area contributed by atoms with Gasteiger partial charge in [0.05, 0.1) is 7.11 Å². The van der Waals surface area contributed by atoms with Gasteiger partial charge in [-0.05, 0) is 89.6 Å². The summed E-state index contributed by atoms with van der Waals surface area (Å²) in [6, 6.07) is 10.7. The van der Waals surface area contributed by atoms with Gasteiger partial charge in [0.1, 0.15) is 12.0 Å². The number of ether oxygens (including phenoxy) is 1. The summed E-state index contributed by atoms with van der Waals surface area (Å²) in [6.45, 7) is 17.0. The van der Waals surface area contributed by atoms with Gasteiger partial charge in [-0.25, -0.2) is 0 Å².